The summed E-state index contributed by atoms with van der Waals surface area (Å²) in [7, 11) is -1.35. The SMILES string of the molecule is NCc1cccc(C2CCN(C(=O)c3ccc4c(c3)CCN4CB(O)O)CC2)c1. The van der Waals surface area contributed by atoms with Crippen LogP contribution in [-0.4, -0.2) is 54.1 Å². The molecule has 2 heterocycles. The van der Waals surface area contributed by atoms with Crippen LogP contribution in [0.5, 0.6) is 0 Å². The topological polar surface area (TPSA) is 90.0 Å². The lowest BCUT2D eigenvalue weighted by molar-refractivity contribution is 0.0713. The Kier molecular flexibility index (Phi) is 5.90. The molecule has 6 nitrogen and oxygen atoms in total. The molecule has 1 amide bonds. The van der Waals surface area contributed by atoms with Crippen LogP contribution in [0.4, 0.5) is 5.69 Å². The van der Waals surface area contributed by atoms with Gasteiger partial charge in [-0.05, 0) is 60.1 Å². The molecule has 1 saturated heterocycles. The molecule has 2 aliphatic heterocycles. The monoisotopic (exact) mass is 393 g/mol. The van der Waals surface area contributed by atoms with Crippen molar-refractivity contribution in [1.29, 1.82) is 0 Å². The fraction of sp³-hybridized carbons (Fsp3) is 0.409. The van der Waals surface area contributed by atoms with Gasteiger partial charge in [-0.25, -0.2) is 0 Å². The zero-order chi connectivity index (χ0) is 20.4. The first kappa shape index (κ1) is 19.9. The Bertz CT molecular complexity index is 881. The quantitative estimate of drug-likeness (QED) is 0.671. The van der Waals surface area contributed by atoms with E-state index in [1.165, 1.54) is 5.56 Å². The van der Waals surface area contributed by atoms with E-state index in [-0.39, 0.29) is 12.4 Å². The minimum absolute atomic E-state index is 0.0857. The number of carbonyl (C=O) groups is 1. The molecule has 7 heteroatoms. The van der Waals surface area contributed by atoms with Crippen molar-refractivity contribution < 1.29 is 14.8 Å². The molecule has 2 aliphatic rings. The first-order valence-corrected chi connectivity index (χ1v) is 10.4. The largest absolute Gasteiger partial charge is 0.472 e. The van der Waals surface area contributed by atoms with Crippen molar-refractivity contribution in [1.82, 2.24) is 4.90 Å². The van der Waals surface area contributed by atoms with E-state index in [0.717, 1.165) is 61.3 Å². The third-order valence-corrected chi connectivity index (χ3v) is 6.14. The van der Waals surface area contributed by atoms with Gasteiger partial charge >= 0.3 is 7.12 Å². The summed E-state index contributed by atoms with van der Waals surface area (Å²) in [5.74, 6) is 0.562. The van der Waals surface area contributed by atoms with Crippen molar-refractivity contribution in [2.24, 2.45) is 5.73 Å². The van der Waals surface area contributed by atoms with Crippen LogP contribution >= 0.6 is 0 Å². The number of hydrogen-bond acceptors (Lipinski definition) is 5. The number of amides is 1. The van der Waals surface area contributed by atoms with E-state index < -0.39 is 7.12 Å². The summed E-state index contributed by atoms with van der Waals surface area (Å²) in [4.78, 5) is 16.9. The standard InChI is InChI=1S/C22H28BN3O3/c24-14-16-2-1-3-18(12-16)17-6-9-25(10-7-17)22(27)20-4-5-21-19(13-20)8-11-26(21)15-23(28)29/h1-5,12-13,17,28-29H,6-11,14-15,24H2. The number of carbonyl (C=O) groups excluding carboxylic acids is 1. The van der Waals surface area contributed by atoms with Gasteiger partial charge in [0.15, 0.2) is 0 Å². The van der Waals surface area contributed by atoms with Crippen molar-refractivity contribution in [3.05, 3.63) is 64.7 Å². The summed E-state index contributed by atoms with van der Waals surface area (Å²) < 4.78 is 0. The molecule has 0 atom stereocenters. The smallest absolute Gasteiger partial charge is 0.426 e. The molecule has 0 unspecified atom stereocenters. The van der Waals surface area contributed by atoms with Crippen molar-refractivity contribution in [2.75, 3.05) is 31.0 Å². The molecule has 1 fully saturated rings. The second-order valence-electron chi connectivity index (χ2n) is 8.04. The van der Waals surface area contributed by atoms with Gasteiger partial charge in [-0.2, -0.15) is 0 Å². The lowest BCUT2D eigenvalue weighted by atomic mass is 9.88. The van der Waals surface area contributed by atoms with Crippen LogP contribution in [0.3, 0.4) is 0 Å². The first-order chi connectivity index (χ1) is 14.0. The summed E-state index contributed by atoms with van der Waals surface area (Å²) in [6.45, 7) is 2.82. The van der Waals surface area contributed by atoms with Gasteiger partial charge in [-0.1, -0.05) is 24.3 Å². The van der Waals surface area contributed by atoms with Crippen molar-refractivity contribution in [3.8, 4) is 0 Å². The summed E-state index contributed by atoms with van der Waals surface area (Å²) in [6.07, 6.45) is 2.95. The number of fused-ring (bicyclic) bond motifs is 1. The molecule has 2 aromatic rings. The molecule has 0 spiro atoms. The Balaban J connectivity index is 1.40. The average molecular weight is 393 g/mol. The highest BCUT2D eigenvalue weighted by Crippen LogP contribution is 2.31. The molecule has 4 rings (SSSR count). The lowest BCUT2D eigenvalue weighted by Crippen LogP contribution is -2.38. The van der Waals surface area contributed by atoms with Crippen molar-refractivity contribution in [3.63, 3.8) is 0 Å². The van der Waals surface area contributed by atoms with Gasteiger partial charge in [0.25, 0.3) is 5.91 Å². The fourth-order valence-corrected chi connectivity index (χ4v) is 4.56. The minimum Gasteiger partial charge on any atom is -0.426 e. The van der Waals surface area contributed by atoms with Gasteiger partial charge in [-0.15, -0.1) is 0 Å². The summed E-state index contributed by atoms with van der Waals surface area (Å²) in [5.41, 5.74) is 11.1. The fourth-order valence-electron chi connectivity index (χ4n) is 4.56. The van der Waals surface area contributed by atoms with Crippen molar-refractivity contribution in [2.45, 2.75) is 31.7 Å². The average Bonchev–Trinajstić information content (AvgIpc) is 3.14. The minimum atomic E-state index is -1.35. The molecule has 4 N–H and O–H groups in total. The zero-order valence-electron chi connectivity index (χ0n) is 16.6. The van der Waals surface area contributed by atoms with Gasteiger partial charge in [0.2, 0.25) is 0 Å². The number of anilines is 1. The first-order valence-electron chi connectivity index (χ1n) is 10.4. The van der Waals surface area contributed by atoms with Crippen LogP contribution in [0.25, 0.3) is 0 Å². The molecule has 2 aromatic carbocycles. The zero-order valence-corrected chi connectivity index (χ0v) is 16.6. The summed E-state index contributed by atoms with van der Waals surface area (Å²) >= 11 is 0. The van der Waals surface area contributed by atoms with Gasteiger partial charge < -0.3 is 25.6 Å². The van der Waals surface area contributed by atoms with E-state index in [1.807, 2.05) is 28.0 Å². The molecule has 0 radical (unpaired) electrons. The van der Waals surface area contributed by atoms with E-state index in [9.17, 15) is 14.8 Å². The second-order valence-corrected chi connectivity index (χ2v) is 8.04. The number of benzene rings is 2. The molecular formula is C22H28BN3O3. The predicted octanol–water partition coefficient (Wildman–Crippen LogP) is 1.54. The van der Waals surface area contributed by atoms with E-state index in [2.05, 4.69) is 24.3 Å². The number of hydrogen-bond donors (Lipinski definition) is 3. The number of nitrogens with two attached hydrogens (primary N) is 1. The highest BCUT2D eigenvalue weighted by Gasteiger charge is 2.27. The summed E-state index contributed by atoms with van der Waals surface area (Å²) in [5, 5.41) is 18.5. The number of nitrogens with zero attached hydrogens (tertiary/aromatic N) is 2. The summed E-state index contributed by atoms with van der Waals surface area (Å²) in [6, 6.07) is 14.2. The Morgan fingerprint density at radius 1 is 1.10 bits per heavy atom. The molecule has 152 valence electrons. The number of piperidine rings is 1. The Morgan fingerprint density at radius 2 is 1.90 bits per heavy atom. The maximum Gasteiger partial charge on any atom is 0.472 e. The lowest BCUT2D eigenvalue weighted by Gasteiger charge is -2.32. The second kappa shape index (κ2) is 8.57. The maximum atomic E-state index is 13.0. The molecule has 29 heavy (non-hydrogen) atoms. The number of rotatable bonds is 5. The highest BCUT2D eigenvalue weighted by atomic mass is 16.4. The Hall–Kier alpha value is -2.35. The molecule has 0 aromatic heterocycles. The Morgan fingerprint density at radius 3 is 2.62 bits per heavy atom. The molecule has 0 saturated carbocycles. The van der Waals surface area contributed by atoms with Crippen LogP contribution in [-0.2, 0) is 13.0 Å². The molecular weight excluding hydrogens is 365 g/mol. The Labute approximate surface area is 172 Å². The van der Waals surface area contributed by atoms with Crippen LogP contribution in [0, 0.1) is 0 Å². The van der Waals surface area contributed by atoms with E-state index in [4.69, 9.17) is 5.73 Å². The van der Waals surface area contributed by atoms with Gasteiger partial charge in [0.05, 0.1) is 6.44 Å². The highest BCUT2D eigenvalue weighted by molar-refractivity contribution is 6.42. The van der Waals surface area contributed by atoms with E-state index >= 15 is 0 Å². The van der Waals surface area contributed by atoms with Gasteiger partial charge in [-0.3, -0.25) is 4.79 Å². The normalized spacial score (nSPS) is 16.8. The van der Waals surface area contributed by atoms with Gasteiger partial charge in [0.1, 0.15) is 0 Å². The van der Waals surface area contributed by atoms with Crippen LogP contribution < -0.4 is 10.6 Å². The van der Waals surface area contributed by atoms with Gasteiger partial charge in [0, 0.05) is 37.4 Å². The third-order valence-electron chi connectivity index (χ3n) is 6.14. The maximum absolute atomic E-state index is 13.0. The predicted molar refractivity (Wildman–Crippen MR) is 115 cm³/mol. The molecule has 0 bridgehead atoms. The third kappa shape index (κ3) is 4.32. The van der Waals surface area contributed by atoms with Crippen LogP contribution in [0.2, 0.25) is 0 Å². The van der Waals surface area contributed by atoms with Crippen LogP contribution in [0.15, 0.2) is 42.5 Å². The van der Waals surface area contributed by atoms with Crippen molar-refractivity contribution >= 4 is 18.7 Å². The number of likely N-dealkylation sites (tertiary alicyclic amines) is 1. The van der Waals surface area contributed by atoms with Crippen LogP contribution in [0.1, 0.15) is 45.8 Å². The van der Waals surface area contributed by atoms with E-state index in [0.29, 0.717) is 12.5 Å². The molecule has 0 aliphatic carbocycles. The van der Waals surface area contributed by atoms with E-state index in [1.54, 1.807) is 0 Å².